The van der Waals surface area contributed by atoms with Crippen LogP contribution in [0.1, 0.15) is 37.7 Å². The van der Waals surface area contributed by atoms with E-state index in [1.807, 2.05) is 24.3 Å². The standard InChI is InChI=1S/C19H26IN3O7/c20-13-6-4-12(5-7-13)11-21-10-2-1-3-14(17(26)27)22-19(30)23-15(18(28)29)8-9-16(24)25/h4-7,14-15,21H,1-3,8-11H2,(H,24,25)(H,26,27)(H,28,29)(H2,22,23,30)/t14-,15+/m1/s1/i20-4. The summed E-state index contributed by atoms with van der Waals surface area (Å²) in [6, 6.07) is 4.54. The number of carbonyl (C=O) groups excluding carboxylic acids is 1. The lowest BCUT2D eigenvalue weighted by molar-refractivity contribution is -0.140. The molecule has 30 heavy (non-hydrogen) atoms. The van der Waals surface area contributed by atoms with Crippen LogP contribution in [0.2, 0.25) is 0 Å². The van der Waals surface area contributed by atoms with E-state index in [1.54, 1.807) is 0 Å². The number of carboxylic acids is 3. The molecular formula is C19H26IN3O7. The summed E-state index contributed by atoms with van der Waals surface area (Å²) in [4.78, 5) is 44.9. The van der Waals surface area contributed by atoms with E-state index in [9.17, 15) is 24.3 Å². The Morgan fingerprint density at radius 3 is 1.97 bits per heavy atom. The molecular weight excluding hydrogens is 505 g/mol. The molecule has 0 spiro atoms. The predicted octanol–water partition coefficient (Wildman–Crippen LogP) is 1.62. The topological polar surface area (TPSA) is 165 Å². The van der Waals surface area contributed by atoms with Crippen molar-refractivity contribution in [1.29, 1.82) is 0 Å². The van der Waals surface area contributed by atoms with Crippen LogP contribution in [0.25, 0.3) is 0 Å². The van der Waals surface area contributed by atoms with Crippen LogP contribution in [0.3, 0.4) is 0 Å². The van der Waals surface area contributed by atoms with Gasteiger partial charge in [0.25, 0.3) is 0 Å². The molecule has 0 aliphatic heterocycles. The second kappa shape index (κ2) is 13.7. The molecule has 2 atom stereocenters. The van der Waals surface area contributed by atoms with Gasteiger partial charge >= 0.3 is 23.9 Å². The highest BCUT2D eigenvalue weighted by atomic mass is 123. The van der Waals surface area contributed by atoms with Crippen LogP contribution in [0.4, 0.5) is 4.79 Å². The minimum Gasteiger partial charge on any atom is -0.481 e. The van der Waals surface area contributed by atoms with Crippen LogP contribution in [0, 0.1) is 3.57 Å². The fraction of sp³-hybridized carbons (Fsp3) is 0.474. The molecule has 0 saturated heterocycles. The maximum absolute atomic E-state index is 11.9. The molecule has 0 fully saturated rings. The fourth-order valence-corrected chi connectivity index (χ4v) is 2.93. The highest BCUT2D eigenvalue weighted by Gasteiger charge is 2.24. The summed E-state index contributed by atoms with van der Waals surface area (Å²) in [6.45, 7) is 1.38. The van der Waals surface area contributed by atoms with Crippen molar-refractivity contribution >= 4 is 46.5 Å². The molecule has 6 N–H and O–H groups in total. The summed E-state index contributed by atoms with van der Waals surface area (Å²) in [6.07, 6.45) is 0.684. The number of carbonyl (C=O) groups is 4. The number of halogens is 1. The van der Waals surface area contributed by atoms with Gasteiger partial charge in [0.15, 0.2) is 0 Å². The van der Waals surface area contributed by atoms with Crippen molar-refractivity contribution in [1.82, 2.24) is 16.0 Å². The van der Waals surface area contributed by atoms with Gasteiger partial charge in [0, 0.05) is 16.5 Å². The van der Waals surface area contributed by atoms with Crippen LogP contribution >= 0.6 is 22.6 Å². The monoisotopic (exact) mass is 531 g/mol. The number of rotatable bonds is 14. The van der Waals surface area contributed by atoms with Crippen LogP contribution in [-0.4, -0.2) is 57.9 Å². The van der Waals surface area contributed by atoms with E-state index in [-0.39, 0.29) is 12.8 Å². The zero-order valence-electron chi connectivity index (χ0n) is 16.3. The minimum atomic E-state index is -1.42. The Morgan fingerprint density at radius 2 is 1.43 bits per heavy atom. The van der Waals surface area contributed by atoms with Crippen molar-refractivity contribution in [3.8, 4) is 0 Å². The third-order valence-electron chi connectivity index (χ3n) is 4.19. The van der Waals surface area contributed by atoms with Gasteiger partial charge in [-0.15, -0.1) is 0 Å². The normalized spacial score (nSPS) is 12.6. The molecule has 0 heterocycles. The molecule has 2 amide bonds. The maximum Gasteiger partial charge on any atom is 0.326 e. The molecule has 10 nitrogen and oxygen atoms in total. The second-order valence-corrected chi connectivity index (χ2v) is 7.88. The Balaban J connectivity index is 2.34. The van der Waals surface area contributed by atoms with Crippen LogP contribution in [0.15, 0.2) is 24.3 Å². The van der Waals surface area contributed by atoms with Crippen molar-refractivity contribution < 1.29 is 34.5 Å². The summed E-state index contributed by atoms with van der Waals surface area (Å²) in [5.41, 5.74) is 1.15. The van der Waals surface area contributed by atoms with Gasteiger partial charge < -0.3 is 31.3 Å². The summed E-state index contributed by atoms with van der Waals surface area (Å²) >= 11 is 2.23. The number of benzene rings is 1. The Bertz CT molecular complexity index is 727. The molecule has 0 bridgehead atoms. The van der Waals surface area contributed by atoms with E-state index in [4.69, 9.17) is 10.2 Å². The Hall–Kier alpha value is -2.41. The van der Waals surface area contributed by atoms with Gasteiger partial charge in [-0.3, -0.25) is 4.79 Å². The van der Waals surface area contributed by atoms with Gasteiger partial charge in [0.1, 0.15) is 12.1 Å². The Labute approximate surface area is 187 Å². The van der Waals surface area contributed by atoms with Crippen molar-refractivity contribution in [3.63, 3.8) is 0 Å². The number of urea groups is 1. The number of aliphatic carboxylic acids is 3. The Kier molecular flexibility index (Phi) is 11.7. The summed E-state index contributed by atoms with van der Waals surface area (Å²) < 4.78 is 1.16. The molecule has 1 rings (SSSR count). The average Bonchev–Trinajstić information content (AvgIpc) is 2.67. The number of hydrogen-bond donors (Lipinski definition) is 6. The molecule has 0 aromatic heterocycles. The number of unbranched alkanes of at least 4 members (excludes halogenated alkanes) is 1. The molecule has 166 valence electrons. The van der Waals surface area contributed by atoms with Gasteiger partial charge in [-0.25, -0.2) is 14.4 Å². The highest BCUT2D eigenvalue weighted by molar-refractivity contribution is 14.1. The first-order chi connectivity index (χ1) is 14.2. The van der Waals surface area contributed by atoms with Crippen LogP contribution < -0.4 is 16.0 Å². The second-order valence-electron chi connectivity index (χ2n) is 6.63. The first kappa shape index (κ1) is 25.6. The van der Waals surface area contributed by atoms with E-state index in [2.05, 4.69) is 38.5 Å². The van der Waals surface area contributed by atoms with Gasteiger partial charge in [0.2, 0.25) is 0 Å². The largest absolute Gasteiger partial charge is 0.481 e. The van der Waals surface area contributed by atoms with E-state index in [0.29, 0.717) is 25.9 Å². The van der Waals surface area contributed by atoms with Crippen molar-refractivity contribution in [2.24, 2.45) is 0 Å². The van der Waals surface area contributed by atoms with Crippen molar-refractivity contribution in [2.45, 2.75) is 50.7 Å². The lowest BCUT2D eigenvalue weighted by Gasteiger charge is -2.18. The maximum atomic E-state index is 11.9. The highest BCUT2D eigenvalue weighted by Crippen LogP contribution is 2.07. The minimum absolute atomic E-state index is 0.181. The van der Waals surface area contributed by atoms with Gasteiger partial charge in [-0.05, 0) is 72.5 Å². The summed E-state index contributed by atoms with van der Waals surface area (Å²) in [5.74, 6) is -3.81. The van der Waals surface area contributed by atoms with E-state index in [0.717, 1.165) is 9.13 Å². The number of carboxylic acid groups (broad SMARTS) is 3. The first-order valence-corrected chi connectivity index (χ1v) is 10.5. The number of amides is 2. The molecule has 0 saturated carbocycles. The molecule has 11 heteroatoms. The van der Waals surface area contributed by atoms with E-state index >= 15 is 0 Å². The van der Waals surface area contributed by atoms with E-state index < -0.39 is 42.4 Å². The third-order valence-corrected chi connectivity index (χ3v) is 4.91. The van der Waals surface area contributed by atoms with Crippen LogP contribution in [-0.2, 0) is 20.9 Å². The lowest BCUT2D eigenvalue weighted by Crippen LogP contribution is -2.51. The summed E-state index contributed by atoms with van der Waals surface area (Å²) in [5, 5.41) is 34.5. The lowest BCUT2D eigenvalue weighted by atomic mass is 10.1. The third kappa shape index (κ3) is 11.0. The first-order valence-electron chi connectivity index (χ1n) is 9.38. The number of nitrogens with one attached hydrogen (secondary N) is 3. The van der Waals surface area contributed by atoms with Crippen LogP contribution in [0.5, 0.6) is 0 Å². The molecule has 1 aromatic carbocycles. The Morgan fingerprint density at radius 1 is 0.867 bits per heavy atom. The number of hydrogen-bond acceptors (Lipinski definition) is 5. The van der Waals surface area contributed by atoms with Gasteiger partial charge in [-0.2, -0.15) is 0 Å². The zero-order chi connectivity index (χ0) is 22.5. The molecule has 0 aliphatic carbocycles. The summed E-state index contributed by atoms with van der Waals surface area (Å²) in [7, 11) is 0. The SMILES string of the molecule is O=C(O)CC[C@H](NC(=O)N[C@H](CCCCNCc1ccc([123I])cc1)C(=O)O)C(=O)O. The average molecular weight is 531 g/mol. The van der Waals surface area contributed by atoms with E-state index in [1.165, 1.54) is 0 Å². The van der Waals surface area contributed by atoms with Gasteiger partial charge in [0.05, 0.1) is 0 Å². The van der Waals surface area contributed by atoms with Crippen molar-refractivity contribution in [3.05, 3.63) is 33.4 Å². The zero-order valence-corrected chi connectivity index (χ0v) is 18.4. The quantitative estimate of drug-likeness (QED) is 0.156. The molecule has 0 unspecified atom stereocenters. The fourth-order valence-electron chi connectivity index (χ4n) is 2.57. The molecule has 0 radical (unpaired) electrons. The smallest absolute Gasteiger partial charge is 0.326 e. The molecule has 1 aromatic rings. The predicted molar refractivity (Wildman–Crippen MR) is 116 cm³/mol. The van der Waals surface area contributed by atoms with Gasteiger partial charge in [-0.1, -0.05) is 12.1 Å². The molecule has 0 aliphatic rings. The van der Waals surface area contributed by atoms with Crippen molar-refractivity contribution in [2.75, 3.05) is 6.54 Å².